The van der Waals surface area contributed by atoms with Crippen LogP contribution in [-0.4, -0.2) is 51.9 Å². The van der Waals surface area contributed by atoms with Crippen molar-refractivity contribution in [2.75, 3.05) is 19.3 Å². The first-order chi connectivity index (χ1) is 13.6. The third-order valence-corrected chi connectivity index (χ3v) is 7.76. The Kier molecular flexibility index (Phi) is 5.30. The van der Waals surface area contributed by atoms with E-state index in [0.29, 0.717) is 41.7 Å². The zero-order valence-electron chi connectivity index (χ0n) is 16.4. The Morgan fingerprint density at radius 3 is 2.45 bits per heavy atom. The fourth-order valence-corrected chi connectivity index (χ4v) is 5.30. The standard InChI is InChI=1S/C18H22ClN5O3S2/c1-18(2,27-14-6-4-13(19)5-7-14)16-22-24-15(20-21-17(24)28-16)12-8-10-23(11-9-12)29(3,25)26/h4-7,12H,8-11H2,1-3H3. The average molecular weight is 456 g/mol. The van der Waals surface area contributed by atoms with Crippen molar-refractivity contribution in [3.63, 3.8) is 0 Å². The van der Waals surface area contributed by atoms with Crippen molar-refractivity contribution in [2.45, 2.75) is 38.2 Å². The molecule has 1 aliphatic rings. The van der Waals surface area contributed by atoms with E-state index < -0.39 is 15.6 Å². The number of benzene rings is 1. The van der Waals surface area contributed by atoms with E-state index in [4.69, 9.17) is 21.4 Å². The van der Waals surface area contributed by atoms with E-state index in [-0.39, 0.29) is 5.92 Å². The molecule has 3 aromatic rings. The normalized spacial score (nSPS) is 17.1. The molecule has 1 aromatic carbocycles. The molecule has 0 saturated carbocycles. The van der Waals surface area contributed by atoms with Crippen LogP contribution < -0.4 is 4.74 Å². The number of nitrogens with zero attached hydrogens (tertiary/aromatic N) is 5. The molecule has 2 aromatic heterocycles. The summed E-state index contributed by atoms with van der Waals surface area (Å²) in [6, 6.07) is 7.22. The quantitative estimate of drug-likeness (QED) is 0.586. The van der Waals surface area contributed by atoms with Gasteiger partial charge in [0.25, 0.3) is 0 Å². The maximum atomic E-state index is 11.7. The minimum absolute atomic E-state index is 0.123. The maximum absolute atomic E-state index is 11.7. The fraction of sp³-hybridized carbons (Fsp3) is 0.500. The van der Waals surface area contributed by atoms with Crippen LogP contribution in [0.4, 0.5) is 0 Å². The molecule has 1 aliphatic heterocycles. The molecule has 0 N–H and O–H groups in total. The molecule has 8 nitrogen and oxygen atoms in total. The monoisotopic (exact) mass is 455 g/mol. The summed E-state index contributed by atoms with van der Waals surface area (Å²) in [5, 5.41) is 14.8. The Morgan fingerprint density at radius 1 is 1.17 bits per heavy atom. The second-order valence-corrected chi connectivity index (χ2v) is 11.0. The van der Waals surface area contributed by atoms with Crippen molar-refractivity contribution in [2.24, 2.45) is 0 Å². The van der Waals surface area contributed by atoms with Gasteiger partial charge in [0.05, 0.1) is 6.26 Å². The molecule has 11 heteroatoms. The SMILES string of the molecule is CC(C)(Oc1ccc(Cl)cc1)c1nn2c(C3CCN(S(C)(=O)=O)CC3)nnc2s1. The first-order valence-electron chi connectivity index (χ1n) is 9.26. The summed E-state index contributed by atoms with van der Waals surface area (Å²) in [4.78, 5) is 0.702. The van der Waals surface area contributed by atoms with Crippen LogP contribution in [0.15, 0.2) is 24.3 Å². The van der Waals surface area contributed by atoms with E-state index in [0.717, 1.165) is 10.8 Å². The number of rotatable bonds is 5. The average Bonchev–Trinajstić information content (AvgIpc) is 3.24. The van der Waals surface area contributed by atoms with Crippen molar-refractivity contribution in [1.29, 1.82) is 0 Å². The molecule has 4 rings (SSSR count). The molecule has 0 amide bonds. The van der Waals surface area contributed by atoms with Crippen LogP contribution in [0.5, 0.6) is 5.75 Å². The lowest BCUT2D eigenvalue weighted by atomic mass is 9.97. The van der Waals surface area contributed by atoms with Gasteiger partial charge in [-0.25, -0.2) is 12.7 Å². The smallest absolute Gasteiger partial charge is 0.234 e. The highest BCUT2D eigenvalue weighted by Gasteiger charge is 2.32. The van der Waals surface area contributed by atoms with E-state index in [1.165, 1.54) is 21.9 Å². The third kappa shape index (κ3) is 4.25. The fourth-order valence-electron chi connectivity index (χ4n) is 3.42. The second-order valence-electron chi connectivity index (χ2n) is 7.66. The minimum atomic E-state index is -3.16. The summed E-state index contributed by atoms with van der Waals surface area (Å²) in [5.74, 6) is 1.61. The Bertz CT molecular complexity index is 1120. The van der Waals surface area contributed by atoms with Crippen LogP contribution in [0.1, 0.15) is 43.4 Å². The number of piperidine rings is 1. The van der Waals surface area contributed by atoms with Crippen LogP contribution in [0, 0.1) is 0 Å². The highest BCUT2D eigenvalue weighted by Crippen LogP contribution is 2.33. The zero-order valence-corrected chi connectivity index (χ0v) is 18.8. The molecule has 29 heavy (non-hydrogen) atoms. The van der Waals surface area contributed by atoms with Crippen molar-refractivity contribution in [1.82, 2.24) is 24.1 Å². The lowest BCUT2D eigenvalue weighted by Crippen LogP contribution is -2.37. The number of halogens is 1. The van der Waals surface area contributed by atoms with Crippen LogP contribution in [0.25, 0.3) is 4.96 Å². The molecule has 1 saturated heterocycles. The largest absolute Gasteiger partial charge is 0.481 e. The Morgan fingerprint density at radius 2 is 1.83 bits per heavy atom. The second kappa shape index (κ2) is 7.50. The van der Waals surface area contributed by atoms with Crippen LogP contribution in [0.3, 0.4) is 0 Å². The van der Waals surface area contributed by atoms with Gasteiger partial charge < -0.3 is 4.74 Å². The molecular weight excluding hydrogens is 434 g/mol. The molecule has 1 fully saturated rings. The molecule has 0 atom stereocenters. The first-order valence-corrected chi connectivity index (χ1v) is 12.3. The van der Waals surface area contributed by atoms with E-state index in [2.05, 4.69) is 10.2 Å². The van der Waals surface area contributed by atoms with Crippen molar-refractivity contribution >= 4 is 37.9 Å². The summed E-state index contributed by atoms with van der Waals surface area (Å²) >= 11 is 7.38. The van der Waals surface area contributed by atoms with E-state index in [9.17, 15) is 8.42 Å². The first kappa shape index (κ1) is 20.5. The predicted molar refractivity (Wildman–Crippen MR) is 112 cm³/mol. The van der Waals surface area contributed by atoms with Gasteiger partial charge >= 0.3 is 0 Å². The number of hydrogen-bond donors (Lipinski definition) is 0. The molecule has 0 unspecified atom stereocenters. The lowest BCUT2D eigenvalue weighted by molar-refractivity contribution is 0.107. The summed E-state index contributed by atoms with van der Waals surface area (Å²) in [7, 11) is -3.16. The molecule has 0 aliphatic carbocycles. The number of fused-ring (bicyclic) bond motifs is 1. The maximum Gasteiger partial charge on any atom is 0.234 e. The van der Waals surface area contributed by atoms with Gasteiger partial charge in [-0.05, 0) is 51.0 Å². The number of sulfonamides is 1. The highest BCUT2D eigenvalue weighted by atomic mass is 35.5. The molecule has 3 heterocycles. The topological polar surface area (TPSA) is 89.7 Å². The van der Waals surface area contributed by atoms with Crippen molar-refractivity contribution in [3.8, 4) is 5.75 Å². The van der Waals surface area contributed by atoms with Crippen molar-refractivity contribution in [3.05, 3.63) is 40.1 Å². The third-order valence-electron chi connectivity index (χ3n) is 5.00. The molecule has 0 radical (unpaired) electrons. The van der Waals surface area contributed by atoms with Crippen LogP contribution >= 0.6 is 22.9 Å². The number of ether oxygens (including phenoxy) is 1. The lowest BCUT2D eigenvalue weighted by Gasteiger charge is -2.29. The molecular formula is C18H22ClN5O3S2. The van der Waals surface area contributed by atoms with Crippen molar-refractivity contribution < 1.29 is 13.2 Å². The molecule has 0 spiro atoms. The van der Waals surface area contributed by atoms with Gasteiger partial charge in [0, 0.05) is 24.0 Å². The van der Waals surface area contributed by atoms with Gasteiger partial charge in [0.1, 0.15) is 5.75 Å². The highest BCUT2D eigenvalue weighted by molar-refractivity contribution is 7.88. The van der Waals surface area contributed by atoms with Gasteiger partial charge in [0.2, 0.25) is 15.0 Å². The molecule has 156 valence electrons. The van der Waals surface area contributed by atoms with Gasteiger partial charge in [-0.3, -0.25) is 0 Å². The summed E-state index contributed by atoms with van der Waals surface area (Å²) < 4.78 is 32.9. The van der Waals surface area contributed by atoms with Crippen LogP contribution in [-0.2, 0) is 15.6 Å². The number of hydrogen-bond acceptors (Lipinski definition) is 7. The van der Waals surface area contributed by atoms with E-state index in [1.54, 1.807) is 16.6 Å². The Balaban J connectivity index is 1.55. The van der Waals surface area contributed by atoms with Crippen LogP contribution in [0.2, 0.25) is 5.02 Å². The predicted octanol–water partition coefficient (Wildman–Crippen LogP) is 3.29. The summed E-state index contributed by atoms with van der Waals surface area (Å²) in [6.07, 6.45) is 2.65. The van der Waals surface area contributed by atoms with Gasteiger partial charge in [-0.1, -0.05) is 22.9 Å². The van der Waals surface area contributed by atoms with Gasteiger partial charge in [-0.2, -0.15) is 9.61 Å². The Labute approximate surface area is 178 Å². The Hall–Kier alpha value is -1.75. The summed E-state index contributed by atoms with van der Waals surface area (Å²) in [6.45, 7) is 4.89. The number of aromatic nitrogens is 4. The van der Waals surface area contributed by atoms with Gasteiger partial charge in [0.15, 0.2) is 16.4 Å². The summed E-state index contributed by atoms with van der Waals surface area (Å²) in [5.41, 5.74) is -0.657. The zero-order chi connectivity index (χ0) is 20.8. The van der Waals surface area contributed by atoms with Gasteiger partial charge in [-0.15, -0.1) is 10.2 Å². The van der Waals surface area contributed by atoms with E-state index >= 15 is 0 Å². The van der Waals surface area contributed by atoms with E-state index in [1.807, 2.05) is 26.0 Å². The molecule has 0 bridgehead atoms. The minimum Gasteiger partial charge on any atom is -0.481 e.